The molecule has 2 heterocycles. The van der Waals surface area contributed by atoms with Crippen molar-refractivity contribution in [2.45, 2.75) is 18.4 Å². The van der Waals surface area contributed by atoms with Crippen LogP contribution < -0.4 is 11.2 Å². The second-order valence-corrected chi connectivity index (χ2v) is 8.51. The van der Waals surface area contributed by atoms with Crippen LogP contribution in [0.2, 0.25) is 0 Å². The van der Waals surface area contributed by atoms with Crippen LogP contribution in [0.1, 0.15) is 10.0 Å². The summed E-state index contributed by atoms with van der Waals surface area (Å²) < 4.78 is 23.7. The van der Waals surface area contributed by atoms with E-state index in [1.54, 1.807) is 6.92 Å². The number of rotatable bonds is 3. The van der Waals surface area contributed by atoms with Gasteiger partial charge in [0.15, 0.2) is 0 Å². The number of hydrogen-bond donors (Lipinski definition) is 1. The highest BCUT2D eigenvalue weighted by atomic mass is 35.7. The molecular formula is C12H9ClN4O4S2. The van der Waals surface area contributed by atoms with Gasteiger partial charge in [0, 0.05) is 10.7 Å². The van der Waals surface area contributed by atoms with Crippen LogP contribution in [-0.4, -0.2) is 28.2 Å². The van der Waals surface area contributed by atoms with E-state index in [9.17, 15) is 18.0 Å². The Hall–Kier alpha value is -2.04. The van der Waals surface area contributed by atoms with Gasteiger partial charge in [-0.25, -0.2) is 13.2 Å². The Morgan fingerprint density at radius 2 is 2.04 bits per heavy atom. The maximum atomic E-state index is 12.5. The molecule has 1 N–H and O–H groups in total. The van der Waals surface area contributed by atoms with Gasteiger partial charge in [-0.15, -0.1) is 10.2 Å². The summed E-state index contributed by atoms with van der Waals surface area (Å²) in [7, 11) is 1.31. The number of benzene rings is 1. The van der Waals surface area contributed by atoms with Crippen molar-refractivity contribution in [3.8, 4) is 0 Å². The summed E-state index contributed by atoms with van der Waals surface area (Å²) in [6.07, 6.45) is 0. The van der Waals surface area contributed by atoms with Crippen LogP contribution in [0, 0.1) is 6.92 Å². The van der Waals surface area contributed by atoms with E-state index in [4.69, 9.17) is 10.7 Å². The number of nitrogens with one attached hydrogen (secondary N) is 1. The van der Waals surface area contributed by atoms with Crippen LogP contribution in [0.4, 0.5) is 0 Å². The minimum atomic E-state index is -3.98. The maximum absolute atomic E-state index is 12.5. The summed E-state index contributed by atoms with van der Waals surface area (Å²) in [6, 6.07) is 3.68. The first-order valence-electron chi connectivity index (χ1n) is 6.26. The lowest BCUT2D eigenvalue weighted by Crippen LogP contribution is -2.35. The van der Waals surface area contributed by atoms with Gasteiger partial charge in [0.25, 0.3) is 14.6 Å². The average Bonchev–Trinajstić information content (AvgIpc) is 2.87. The van der Waals surface area contributed by atoms with Crippen molar-refractivity contribution >= 4 is 42.0 Å². The summed E-state index contributed by atoms with van der Waals surface area (Å²) in [6.45, 7) is 1.71. The summed E-state index contributed by atoms with van der Waals surface area (Å²) in [5.74, 6) is 0. The molecule has 3 rings (SSSR count). The normalized spacial score (nSPS) is 11.9. The van der Waals surface area contributed by atoms with Crippen molar-refractivity contribution in [2.75, 3.05) is 0 Å². The molecule has 0 amide bonds. The van der Waals surface area contributed by atoms with E-state index >= 15 is 0 Å². The van der Waals surface area contributed by atoms with Crippen LogP contribution in [0.5, 0.6) is 0 Å². The summed E-state index contributed by atoms with van der Waals surface area (Å²) in [4.78, 5) is 26.9. The fraction of sp³-hybridized carbons (Fsp3) is 0.167. The van der Waals surface area contributed by atoms with Gasteiger partial charge in [0.2, 0.25) is 0 Å². The molecule has 0 bridgehead atoms. The van der Waals surface area contributed by atoms with Crippen molar-refractivity contribution in [3.05, 3.63) is 49.1 Å². The molecule has 23 heavy (non-hydrogen) atoms. The van der Waals surface area contributed by atoms with E-state index in [-0.39, 0.29) is 22.3 Å². The second-order valence-electron chi connectivity index (χ2n) is 4.68. The third-order valence-electron chi connectivity index (χ3n) is 3.10. The lowest BCUT2D eigenvalue weighted by Gasteiger charge is -2.05. The first kappa shape index (κ1) is 15.8. The Morgan fingerprint density at radius 1 is 1.30 bits per heavy atom. The topological polar surface area (TPSA) is 115 Å². The van der Waals surface area contributed by atoms with Gasteiger partial charge in [-0.05, 0) is 25.1 Å². The number of aromatic nitrogens is 4. The zero-order valence-corrected chi connectivity index (χ0v) is 14.0. The zero-order valence-electron chi connectivity index (χ0n) is 11.6. The Labute approximate surface area is 137 Å². The van der Waals surface area contributed by atoms with Gasteiger partial charge < -0.3 is 4.98 Å². The Balaban J connectivity index is 2.22. The van der Waals surface area contributed by atoms with Crippen molar-refractivity contribution in [1.29, 1.82) is 0 Å². The fourth-order valence-electron chi connectivity index (χ4n) is 2.06. The zero-order chi connectivity index (χ0) is 16.8. The van der Waals surface area contributed by atoms with Gasteiger partial charge in [-0.3, -0.25) is 9.36 Å². The lowest BCUT2D eigenvalue weighted by molar-refractivity contribution is 0.609. The van der Waals surface area contributed by atoms with Crippen molar-refractivity contribution in [2.24, 2.45) is 0 Å². The molecule has 0 saturated heterocycles. The molecule has 120 valence electrons. The minimum Gasteiger partial charge on any atom is -0.307 e. The van der Waals surface area contributed by atoms with Gasteiger partial charge in [0.05, 0.1) is 22.3 Å². The van der Waals surface area contributed by atoms with E-state index in [0.717, 1.165) is 10.6 Å². The average molecular weight is 373 g/mol. The number of hydrogen-bond acceptors (Lipinski definition) is 7. The molecule has 3 aromatic rings. The third-order valence-corrected chi connectivity index (χ3v) is 5.27. The van der Waals surface area contributed by atoms with Crippen LogP contribution in [0.15, 0.2) is 32.7 Å². The van der Waals surface area contributed by atoms with Crippen LogP contribution in [0.3, 0.4) is 0 Å². The molecule has 0 unspecified atom stereocenters. The standard InChI is InChI=1S/C12H9ClN4O4S2/c1-6-15-16-10(22-6)5-17-11(18)8-4-7(23(13,20)21)2-3-9(8)14-12(17)19/h2-4H,5H2,1H3,(H,14,19). The van der Waals surface area contributed by atoms with Crippen molar-refractivity contribution in [1.82, 2.24) is 19.7 Å². The van der Waals surface area contributed by atoms with Gasteiger partial charge >= 0.3 is 5.69 Å². The number of aromatic amines is 1. The molecule has 0 aliphatic heterocycles. The quantitative estimate of drug-likeness (QED) is 0.681. The molecule has 0 aliphatic carbocycles. The van der Waals surface area contributed by atoms with E-state index in [1.807, 2.05) is 0 Å². The molecule has 0 atom stereocenters. The predicted molar refractivity (Wildman–Crippen MR) is 85.6 cm³/mol. The Kier molecular flexibility index (Phi) is 3.82. The molecule has 0 radical (unpaired) electrons. The first-order chi connectivity index (χ1) is 10.8. The minimum absolute atomic E-state index is 0.0481. The van der Waals surface area contributed by atoms with Gasteiger partial charge in [0.1, 0.15) is 10.0 Å². The van der Waals surface area contributed by atoms with E-state index in [1.165, 1.54) is 23.5 Å². The molecule has 0 saturated carbocycles. The smallest absolute Gasteiger partial charge is 0.307 e. The number of H-pyrrole nitrogens is 1. The summed E-state index contributed by atoms with van der Waals surface area (Å²) >= 11 is 1.26. The Bertz CT molecular complexity index is 1130. The fourth-order valence-corrected chi connectivity index (χ4v) is 3.54. The SMILES string of the molecule is Cc1nnc(Cn2c(=O)[nH]c3ccc(S(=O)(=O)Cl)cc3c2=O)s1. The number of nitrogens with zero attached hydrogens (tertiary/aromatic N) is 3. The van der Waals surface area contributed by atoms with Gasteiger partial charge in [-0.2, -0.15) is 0 Å². The predicted octanol–water partition coefficient (Wildman–Crippen LogP) is 0.826. The van der Waals surface area contributed by atoms with Gasteiger partial charge in [-0.1, -0.05) is 11.3 Å². The Morgan fingerprint density at radius 3 is 2.65 bits per heavy atom. The summed E-state index contributed by atoms with van der Waals surface area (Å²) in [5.41, 5.74) is -1.01. The maximum Gasteiger partial charge on any atom is 0.329 e. The molecule has 0 aliphatic rings. The molecule has 0 spiro atoms. The molecule has 1 aromatic carbocycles. The van der Waals surface area contributed by atoms with E-state index < -0.39 is 20.3 Å². The van der Waals surface area contributed by atoms with Crippen molar-refractivity contribution in [3.63, 3.8) is 0 Å². The highest BCUT2D eigenvalue weighted by Gasteiger charge is 2.15. The molecule has 2 aromatic heterocycles. The largest absolute Gasteiger partial charge is 0.329 e. The monoisotopic (exact) mass is 372 g/mol. The lowest BCUT2D eigenvalue weighted by atomic mass is 10.2. The summed E-state index contributed by atoms with van der Waals surface area (Å²) in [5, 5.41) is 8.95. The molecule has 8 nitrogen and oxygen atoms in total. The first-order valence-corrected chi connectivity index (χ1v) is 9.39. The highest BCUT2D eigenvalue weighted by molar-refractivity contribution is 8.13. The van der Waals surface area contributed by atoms with Crippen LogP contribution in [0.25, 0.3) is 10.9 Å². The number of aryl methyl sites for hydroxylation is 1. The molecular weight excluding hydrogens is 364 g/mol. The highest BCUT2D eigenvalue weighted by Crippen LogP contribution is 2.18. The molecule has 0 fully saturated rings. The third kappa shape index (κ3) is 3.05. The van der Waals surface area contributed by atoms with Crippen LogP contribution >= 0.6 is 22.0 Å². The molecule has 11 heteroatoms. The van der Waals surface area contributed by atoms with E-state index in [0.29, 0.717) is 10.0 Å². The van der Waals surface area contributed by atoms with Crippen LogP contribution in [-0.2, 0) is 15.6 Å². The number of halogens is 1. The van der Waals surface area contributed by atoms with Crippen molar-refractivity contribution < 1.29 is 8.42 Å². The van der Waals surface area contributed by atoms with E-state index in [2.05, 4.69) is 15.2 Å². The number of fused-ring (bicyclic) bond motifs is 1. The second kappa shape index (κ2) is 5.55.